The second-order valence-electron chi connectivity index (χ2n) is 8.24. The summed E-state index contributed by atoms with van der Waals surface area (Å²) >= 11 is 0. The highest BCUT2D eigenvalue weighted by Gasteiger charge is 2.43. The predicted molar refractivity (Wildman–Crippen MR) is 110 cm³/mol. The van der Waals surface area contributed by atoms with Gasteiger partial charge in [0.15, 0.2) is 5.60 Å². The number of para-hydroxylation sites is 2. The zero-order valence-corrected chi connectivity index (χ0v) is 17.0. The molecular weight excluding hydrogens is 372 g/mol. The van der Waals surface area contributed by atoms with E-state index in [0.717, 1.165) is 43.4 Å². The minimum atomic E-state index is -1.32. The van der Waals surface area contributed by atoms with Crippen molar-refractivity contribution >= 4 is 16.9 Å². The third kappa shape index (κ3) is 3.97. The number of ether oxygens (including phenoxy) is 1. The predicted octanol–water partition coefficient (Wildman–Crippen LogP) is 0.966. The van der Waals surface area contributed by atoms with Crippen molar-refractivity contribution in [2.45, 2.75) is 37.3 Å². The maximum absolute atomic E-state index is 12.8. The molecule has 2 N–H and O–H groups in total. The van der Waals surface area contributed by atoms with E-state index in [4.69, 9.17) is 4.74 Å². The van der Waals surface area contributed by atoms with Crippen LogP contribution < -0.4 is 5.69 Å². The SMILES string of the molecule is COCCN1CCCC(O)(CN2CCC(n3c(=O)[nH]c4ccccc43)CC2)C1=O. The molecule has 2 aliphatic heterocycles. The van der Waals surface area contributed by atoms with Gasteiger partial charge in [-0.2, -0.15) is 0 Å². The lowest BCUT2D eigenvalue weighted by Gasteiger charge is -2.42. The van der Waals surface area contributed by atoms with E-state index in [1.54, 1.807) is 12.0 Å². The minimum absolute atomic E-state index is 0.0699. The van der Waals surface area contributed by atoms with E-state index in [-0.39, 0.29) is 17.6 Å². The Morgan fingerprint density at radius 3 is 2.72 bits per heavy atom. The number of aromatic nitrogens is 2. The number of nitrogens with zero attached hydrogens (tertiary/aromatic N) is 3. The first-order chi connectivity index (χ1) is 14.0. The van der Waals surface area contributed by atoms with Crippen LogP contribution in [0.4, 0.5) is 0 Å². The molecule has 0 spiro atoms. The number of piperidine rings is 2. The molecule has 8 nitrogen and oxygen atoms in total. The number of nitrogens with one attached hydrogen (secondary N) is 1. The quantitative estimate of drug-likeness (QED) is 0.751. The fourth-order valence-electron chi connectivity index (χ4n) is 4.77. The first kappa shape index (κ1) is 20.1. The van der Waals surface area contributed by atoms with Gasteiger partial charge in [-0.15, -0.1) is 0 Å². The van der Waals surface area contributed by atoms with E-state index >= 15 is 0 Å². The normalized spacial score (nSPS) is 24.5. The standard InChI is InChI=1S/C21H30N4O4/c1-29-14-13-24-10-4-9-21(28,19(24)26)15-23-11-7-16(8-12-23)25-18-6-3-2-5-17(18)22-20(25)27/h2-3,5-6,16,28H,4,7-15H2,1H3,(H,22,27). The van der Waals surface area contributed by atoms with Crippen LogP contribution in [0.15, 0.2) is 29.1 Å². The Hall–Kier alpha value is -2.16. The molecule has 0 bridgehead atoms. The number of rotatable bonds is 6. The van der Waals surface area contributed by atoms with Crippen molar-refractivity contribution in [3.63, 3.8) is 0 Å². The number of fused-ring (bicyclic) bond motifs is 1. The third-order valence-electron chi connectivity index (χ3n) is 6.30. The van der Waals surface area contributed by atoms with E-state index in [2.05, 4.69) is 9.88 Å². The summed E-state index contributed by atoms with van der Waals surface area (Å²) in [6, 6.07) is 7.88. The molecule has 2 fully saturated rings. The molecule has 158 valence electrons. The molecule has 1 aromatic carbocycles. The molecular formula is C21H30N4O4. The fourth-order valence-corrected chi connectivity index (χ4v) is 4.77. The smallest absolute Gasteiger partial charge is 0.326 e. The number of β-amino-alcohol motifs (C(OH)–C–C–N with tert-alkyl or cyclic N) is 1. The summed E-state index contributed by atoms with van der Waals surface area (Å²) in [4.78, 5) is 32.1. The molecule has 8 heteroatoms. The van der Waals surface area contributed by atoms with Gasteiger partial charge < -0.3 is 19.7 Å². The van der Waals surface area contributed by atoms with Gasteiger partial charge in [0.1, 0.15) is 0 Å². The third-order valence-corrected chi connectivity index (χ3v) is 6.30. The van der Waals surface area contributed by atoms with Crippen LogP contribution >= 0.6 is 0 Å². The number of methoxy groups -OCH3 is 1. The van der Waals surface area contributed by atoms with Crippen molar-refractivity contribution in [1.29, 1.82) is 0 Å². The molecule has 2 saturated heterocycles. The summed E-state index contributed by atoms with van der Waals surface area (Å²) in [6.07, 6.45) is 2.93. The average molecular weight is 402 g/mol. The highest BCUT2D eigenvalue weighted by Crippen LogP contribution is 2.28. The van der Waals surface area contributed by atoms with Crippen molar-refractivity contribution in [2.75, 3.05) is 46.4 Å². The maximum Gasteiger partial charge on any atom is 0.326 e. The molecule has 0 aliphatic carbocycles. The first-order valence-electron chi connectivity index (χ1n) is 10.4. The lowest BCUT2D eigenvalue weighted by atomic mass is 9.90. The Kier molecular flexibility index (Phi) is 5.76. The summed E-state index contributed by atoms with van der Waals surface area (Å²) in [7, 11) is 1.61. The number of aliphatic hydroxyl groups is 1. The number of amides is 1. The summed E-state index contributed by atoms with van der Waals surface area (Å²) in [5, 5.41) is 11.1. The molecule has 0 saturated carbocycles. The highest BCUT2D eigenvalue weighted by atomic mass is 16.5. The number of H-pyrrole nitrogens is 1. The highest BCUT2D eigenvalue weighted by molar-refractivity contribution is 5.86. The zero-order chi connectivity index (χ0) is 20.4. The summed E-state index contributed by atoms with van der Waals surface area (Å²) < 4.78 is 6.94. The van der Waals surface area contributed by atoms with E-state index in [1.807, 2.05) is 28.8 Å². The van der Waals surface area contributed by atoms with Crippen molar-refractivity contribution in [3.8, 4) is 0 Å². The van der Waals surface area contributed by atoms with E-state index in [1.165, 1.54) is 0 Å². The molecule has 3 heterocycles. The molecule has 29 heavy (non-hydrogen) atoms. The number of imidazole rings is 1. The Labute approximate surface area is 170 Å². The first-order valence-corrected chi connectivity index (χ1v) is 10.4. The lowest BCUT2D eigenvalue weighted by Crippen LogP contribution is -2.59. The van der Waals surface area contributed by atoms with Crippen LogP contribution in [0.2, 0.25) is 0 Å². The topological polar surface area (TPSA) is 90.8 Å². The number of aromatic amines is 1. The van der Waals surface area contributed by atoms with Gasteiger partial charge in [0.25, 0.3) is 5.91 Å². The molecule has 1 unspecified atom stereocenters. The molecule has 1 amide bonds. The molecule has 4 rings (SSSR count). The summed E-state index contributed by atoms with van der Waals surface area (Å²) in [5.41, 5.74) is 0.403. The monoisotopic (exact) mass is 402 g/mol. The molecule has 2 aromatic rings. The molecule has 2 aliphatic rings. The molecule has 0 radical (unpaired) electrons. The van der Waals surface area contributed by atoms with Gasteiger partial charge in [0.05, 0.1) is 17.6 Å². The molecule has 1 aromatic heterocycles. The van der Waals surface area contributed by atoms with Crippen LogP contribution in [0, 0.1) is 0 Å². The fraction of sp³-hybridized carbons (Fsp3) is 0.619. The summed E-state index contributed by atoms with van der Waals surface area (Å²) in [6.45, 7) is 3.53. The number of carbonyl (C=O) groups excluding carboxylic acids is 1. The van der Waals surface area contributed by atoms with Crippen LogP contribution in [-0.4, -0.2) is 82.4 Å². The van der Waals surface area contributed by atoms with Gasteiger partial charge in [-0.3, -0.25) is 14.3 Å². The van der Waals surface area contributed by atoms with Gasteiger partial charge in [0, 0.05) is 45.9 Å². The van der Waals surface area contributed by atoms with Gasteiger partial charge in [-0.1, -0.05) is 12.1 Å². The zero-order valence-electron chi connectivity index (χ0n) is 17.0. The van der Waals surface area contributed by atoms with E-state index in [0.29, 0.717) is 32.7 Å². The van der Waals surface area contributed by atoms with Gasteiger partial charge in [-0.25, -0.2) is 4.79 Å². The maximum atomic E-state index is 12.8. The second kappa shape index (κ2) is 8.30. The number of carbonyl (C=O) groups is 1. The van der Waals surface area contributed by atoms with Crippen LogP contribution in [0.1, 0.15) is 31.7 Å². The number of benzene rings is 1. The van der Waals surface area contributed by atoms with Crippen LogP contribution in [0.25, 0.3) is 11.0 Å². The van der Waals surface area contributed by atoms with Crippen molar-refractivity contribution < 1.29 is 14.6 Å². The van der Waals surface area contributed by atoms with Gasteiger partial charge in [-0.05, 0) is 37.8 Å². The Balaban J connectivity index is 1.40. The van der Waals surface area contributed by atoms with Gasteiger partial charge >= 0.3 is 5.69 Å². The van der Waals surface area contributed by atoms with Crippen molar-refractivity contribution in [3.05, 3.63) is 34.7 Å². The Bertz CT molecular complexity index is 915. The largest absolute Gasteiger partial charge is 0.383 e. The lowest BCUT2D eigenvalue weighted by molar-refractivity contribution is -0.160. The van der Waals surface area contributed by atoms with Crippen molar-refractivity contribution in [2.24, 2.45) is 0 Å². The van der Waals surface area contributed by atoms with Crippen molar-refractivity contribution in [1.82, 2.24) is 19.4 Å². The Morgan fingerprint density at radius 1 is 1.21 bits per heavy atom. The van der Waals surface area contributed by atoms with Crippen LogP contribution in [-0.2, 0) is 9.53 Å². The van der Waals surface area contributed by atoms with Crippen LogP contribution in [0.3, 0.4) is 0 Å². The molecule has 1 atom stereocenters. The van der Waals surface area contributed by atoms with Crippen LogP contribution in [0.5, 0.6) is 0 Å². The average Bonchev–Trinajstić information content (AvgIpc) is 3.05. The minimum Gasteiger partial charge on any atom is -0.383 e. The second-order valence-corrected chi connectivity index (χ2v) is 8.24. The summed E-state index contributed by atoms with van der Waals surface area (Å²) in [5.74, 6) is -0.184. The van der Waals surface area contributed by atoms with E-state index < -0.39 is 5.60 Å². The number of hydrogen-bond acceptors (Lipinski definition) is 5. The van der Waals surface area contributed by atoms with Gasteiger partial charge in [0.2, 0.25) is 0 Å². The Morgan fingerprint density at radius 2 is 1.97 bits per heavy atom. The number of hydrogen-bond donors (Lipinski definition) is 2. The van der Waals surface area contributed by atoms with E-state index in [9.17, 15) is 14.7 Å². The number of likely N-dealkylation sites (tertiary alicyclic amines) is 2.